The van der Waals surface area contributed by atoms with E-state index in [0.717, 1.165) is 18.4 Å². The summed E-state index contributed by atoms with van der Waals surface area (Å²) in [6.45, 7) is 4.42. The predicted molar refractivity (Wildman–Crippen MR) is 80.1 cm³/mol. The summed E-state index contributed by atoms with van der Waals surface area (Å²) in [4.78, 5) is 0. The fourth-order valence-corrected chi connectivity index (χ4v) is 2.60. The zero-order valence-corrected chi connectivity index (χ0v) is 12.5. The highest BCUT2D eigenvalue weighted by Gasteiger charge is 2.23. The van der Waals surface area contributed by atoms with Crippen molar-refractivity contribution in [3.8, 4) is 0 Å². The second-order valence-electron chi connectivity index (χ2n) is 5.29. The van der Waals surface area contributed by atoms with E-state index in [4.69, 9.17) is 4.74 Å². The molecule has 1 aromatic rings. The molecule has 1 rings (SSSR count). The fraction of sp³-hybridized carbons (Fsp3) is 0.647. The number of hydrogen-bond donors (Lipinski definition) is 1. The van der Waals surface area contributed by atoms with Crippen LogP contribution >= 0.6 is 0 Å². The molecule has 19 heavy (non-hydrogen) atoms. The largest absolute Gasteiger partial charge is 0.390 e. The minimum atomic E-state index is -0.422. The van der Waals surface area contributed by atoms with E-state index in [-0.39, 0.29) is 6.10 Å². The monoisotopic (exact) mass is 264 g/mol. The summed E-state index contributed by atoms with van der Waals surface area (Å²) in [7, 11) is 1.67. The number of ether oxygens (including phenoxy) is 1. The molecule has 1 aromatic carbocycles. The molecule has 3 atom stereocenters. The first-order valence-electron chi connectivity index (χ1n) is 7.48. The SMILES string of the molecule is CCCCC(CC)CC(O)C(OC)c1ccccc1. The van der Waals surface area contributed by atoms with Crippen molar-refractivity contribution in [3.05, 3.63) is 35.9 Å². The maximum atomic E-state index is 10.4. The number of aliphatic hydroxyl groups is 1. The molecule has 0 aromatic heterocycles. The molecule has 0 amide bonds. The number of aliphatic hydroxyl groups excluding tert-OH is 1. The van der Waals surface area contributed by atoms with Crippen LogP contribution in [0, 0.1) is 5.92 Å². The Kier molecular flexibility index (Phi) is 7.76. The third-order valence-electron chi connectivity index (χ3n) is 3.85. The Hall–Kier alpha value is -0.860. The molecule has 0 spiro atoms. The van der Waals surface area contributed by atoms with Gasteiger partial charge < -0.3 is 9.84 Å². The first kappa shape index (κ1) is 16.2. The molecule has 0 saturated heterocycles. The van der Waals surface area contributed by atoms with Gasteiger partial charge in [0.15, 0.2) is 0 Å². The highest BCUT2D eigenvalue weighted by atomic mass is 16.5. The lowest BCUT2D eigenvalue weighted by atomic mass is 9.89. The standard InChI is InChI=1S/C17H28O2/c1-4-6-10-14(5-2)13-16(18)17(19-3)15-11-8-7-9-12-15/h7-9,11-12,14,16-18H,4-6,10,13H2,1-3H3. The predicted octanol–water partition coefficient (Wildman–Crippen LogP) is 4.34. The average molecular weight is 264 g/mol. The molecule has 0 aliphatic carbocycles. The molecule has 108 valence electrons. The van der Waals surface area contributed by atoms with Gasteiger partial charge >= 0.3 is 0 Å². The van der Waals surface area contributed by atoms with Crippen molar-refractivity contribution in [1.82, 2.24) is 0 Å². The fourth-order valence-electron chi connectivity index (χ4n) is 2.60. The maximum absolute atomic E-state index is 10.4. The summed E-state index contributed by atoms with van der Waals surface area (Å²) in [6.07, 6.45) is 4.99. The van der Waals surface area contributed by atoms with Crippen molar-refractivity contribution in [2.45, 2.75) is 58.2 Å². The van der Waals surface area contributed by atoms with Crippen LogP contribution in [0.3, 0.4) is 0 Å². The quantitative estimate of drug-likeness (QED) is 0.719. The van der Waals surface area contributed by atoms with Gasteiger partial charge in [-0.1, -0.05) is 69.9 Å². The van der Waals surface area contributed by atoms with Crippen LogP contribution in [-0.4, -0.2) is 18.3 Å². The summed E-state index contributed by atoms with van der Waals surface area (Å²) in [5, 5.41) is 10.4. The van der Waals surface area contributed by atoms with Crippen LogP contribution in [0.25, 0.3) is 0 Å². The molecule has 0 aliphatic rings. The summed E-state index contributed by atoms with van der Waals surface area (Å²) in [5.41, 5.74) is 1.06. The molecule has 0 heterocycles. The Morgan fingerprint density at radius 2 is 1.84 bits per heavy atom. The minimum Gasteiger partial charge on any atom is -0.390 e. The van der Waals surface area contributed by atoms with E-state index in [1.807, 2.05) is 30.3 Å². The molecule has 0 saturated carbocycles. The van der Waals surface area contributed by atoms with Gasteiger partial charge in [0.25, 0.3) is 0 Å². The zero-order chi connectivity index (χ0) is 14.1. The van der Waals surface area contributed by atoms with Gasteiger partial charge in [-0.3, -0.25) is 0 Å². The van der Waals surface area contributed by atoms with Crippen molar-refractivity contribution in [1.29, 1.82) is 0 Å². The number of methoxy groups -OCH3 is 1. The second kappa shape index (κ2) is 9.11. The van der Waals surface area contributed by atoms with Gasteiger partial charge in [0.1, 0.15) is 6.10 Å². The molecule has 2 nitrogen and oxygen atoms in total. The van der Waals surface area contributed by atoms with Crippen molar-refractivity contribution in [2.75, 3.05) is 7.11 Å². The Labute approximate surface area is 117 Å². The van der Waals surface area contributed by atoms with Crippen LogP contribution in [0.2, 0.25) is 0 Å². The van der Waals surface area contributed by atoms with Crippen LogP contribution in [0.4, 0.5) is 0 Å². The summed E-state index contributed by atoms with van der Waals surface area (Å²) in [6, 6.07) is 10.00. The van der Waals surface area contributed by atoms with Crippen molar-refractivity contribution >= 4 is 0 Å². The van der Waals surface area contributed by atoms with E-state index in [1.54, 1.807) is 7.11 Å². The van der Waals surface area contributed by atoms with E-state index in [2.05, 4.69) is 13.8 Å². The summed E-state index contributed by atoms with van der Waals surface area (Å²) in [5.74, 6) is 0.594. The Morgan fingerprint density at radius 1 is 1.16 bits per heavy atom. The van der Waals surface area contributed by atoms with Crippen molar-refractivity contribution in [3.63, 3.8) is 0 Å². The third-order valence-corrected chi connectivity index (χ3v) is 3.85. The van der Waals surface area contributed by atoms with E-state index < -0.39 is 6.10 Å². The molecule has 3 unspecified atom stereocenters. The van der Waals surface area contributed by atoms with Crippen LogP contribution in [-0.2, 0) is 4.74 Å². The van der Waals surface area contributed by atoms with Gasteiger partial charge in [-0.2, -0.15) is 0 Å². The van der Waals surface area contributed by atoms with E-state index in [0.29, 0.717) is 5.92 Å². The van der Waals surface area contributed by atoms with E-state index >= 15 is 0 Å². The van der Waals surface area contributed by atoms with Gasteiger partial charge in [0.2, 0.25) is 0 Å². The van der Waals surface area contributed by atoms with E-state index in [1.165, 1.54) is 19.3 Å². The smallest absolute Gasteiger partial charge is 0.108 e. The molecule has 1 N–H and O–H groups in total. The Morgan fingerprint density at radius 3 is 2.37 bits per heavy atom. The Balaban J connectivity index is 2.60. The van der Waals surface area contributed by atoms with Gasteiger partial charge in [0.05, 0.1) is 6.10 Å². The molecule has 0 aliphatic heterocycles. The first-order chi connectivity index (χ1) is 9.22. The number of rotatable bonds is 9. The van der Waals surface area contributed by atoms with Crippen LogP contribution in [0.15, 0.2) is 30.3 Å². The molecule has 2 heteroatoms. The zero-order valence-electron chi connectivity index (χ0n) is 12.5. The molecule has 0 fully saturated rings. The van der Waals surface area contributed by atoms with E-state index in [9.17, 15) is 5.11 Å². The lowest BCUT2D eigenvalue weighted by Gasteiger charge is -2.25. The number of unbranched alkanes of at least 4 members (excludes halogenated alkanes) is 1. The van der Waals surface area contributed by atoms with Gasteiger partial charge in [-0.05, 0) is 17.9 Å². The molecule has 0 bridgehead atoms. The first-order valence-corrected chi connectivity index (χ1v) is 7.48. The lowest BCUT2D eigenvalue weighted by Crippen LogP contribution is -2.23. The highest BCUT2D eigenvalue weighted by molar-refractivity contribution is 5.18. The van der Waals surface area contributed by atoms with Crippen molar-refractivity contribution < 1.29 is 9.84 Å². The maximum Gasteiger partial charge on any atom is 0.108 e. The average Bonchev–Trinajstić information content (AvgIpc) is 2.45. The molecule has 0 radical (unpaired) electrons. The summed E-state index contributed by atoms with van der Waals surface area (Å²) >= 11 is 0. The van der Waals surface area contributed by atoms with Gasteiger partial charge in [-0.25, -0.2) is 0 Å². The third kappa shape index (κ3) is 5.33. The van der Waals surface area contributed by atoms with Crippen LogP contribution in [0.5, 0.6) is 0 Å². The number of benzene rings is 1. The van der Waals surface area contributed by atoms with Crippen LogP contribution < -0.4 is 0 Å². The number of hydrogen-bond acceptors (Lipinski definition) is 2. The lowest BCUT2D eigenvalue weighted by molar-refractivity contribution is -0.0257. The molecular weight excluding hydrogens is 236 g/mol. The normalized spacial score (nSPS) is 16.0. The second-order valence-corrected chi connectivity index (χ2v) is 5.29. The van der Waals surface area contributed by atoms with Gasteiger partial charge in [0, 0.05) is 7.11 Å². The summed E-state index contributed by atoms with van der Waals surface area (Å²) < 4.78 is 5.50. The highest BCUT2D eigenvalue weighted by Crippen LogP contribution is 2.27. The Bertz CT molecular complexity index is 323. The minimum absolute atomic E-state index is 0.211. The van der Waals surface area contributed by atoms with Gasteiger partial charge in [-0.15, -0.1) is 0 Å². The van der Waals surface area contributed by atoms with Crippen LogP contribution in [0.1, 0.15) is 57.6 Å². The van der Waals surface area contributed by atoms with Crippen molar-refractivity contribution in [2.24, 2.45) is 5.92 Å². The molecular formula is C17H28O2. The topological polar surface area (TPSA) is 29.5 Å².